The average molecular weight is 257 g/mol. The van der Waals surface area contributed by atoms with Crippen molar-refractivity contribution in [1.82, 2.24) is 5.32 Å². The van der Waals surface area contributed by atoms with Crippen LogP contribution in [0.3, 0.4) is 0 Å². The molecule has 1 atom stereocenters. The van der Waals surface area contributed by atoms with Crippen molar-refractivity contribution in [2.75, 3.05) is 13.1 Å². The fraction of sp³-hybridized carbons (Fsp3) is 0.538. The summed E-state index contributed by atoms with van der Waals surface area (Å²) < 4.78 is 24.5. The van der Waals surface area contributed by atoms with Gasteiger partial charge in [-0.15, -0.1) is 0 Å². The molecule has 0 aliphatic carbocycles. The van der Waals surface area contributed by atoms with Crippen LogP contribution in [0.5, 0.6) is 0 Å². The molecule has 17 heavy (non-hydrogen) atoms. The minimum absolute atomic E-state index is 0.626. The Kier molecular flexibility index (Phi) is 4.80. The van der Waals surface area contributed by atoms with Crippen molar-refractivity contribution < 1.29 is 8.78 Å². The van der Waals surface area contributed by atoms with Gasteiger partial charge >= 0.3 is 0 Å². The zero-order chi connectivity index (χ0) is 12.1. The Balaban J connectivity index is 1.95. The van der Waals surface area contributed by atoms with E-state index >= 15 is 0 Å². The maximum atomic E-state index is 12.3. The molecule has 2 rings (SSSR count). The van der Waals surface area contributed by atoms with Gasteiger partial charge in [0.15, 0.2) is 0 Å². The molecule has 1 aliphatic rings. The summed E-state index contributed by atoms with van der Waals surface area (Å²) >= 11 is 0.626. The van der Waals surface area contributed by atoms with Gasteiger partial charge in [-0.25, -0.2) is 0 Å². The van der Waals surface area contributed by atoms with Crippen LogP contribution in [0.15, 0.2) is 29.2 Å². The van der Waals surface area contributed by atoms with E-state index in [9.17, 15) is 8.78 Å². The molecule has 0 spiro atoms. The predicted octanol–water partition coefficient (Wildman–Crippen LogP) is 3.54. The third-order valence-electron chi connectivity index (χ3n) is 3.05. The van der Waals surface area contributed by atoms with Crippen LogP contribution < -0.4 is 5.32 Å². The van der Waals surface area contributed by atoms with E-state index in [2.05, 4.69) is 5.32 Å². The van der Waals surface area contributed by atoms with Crippen LogP contribution in [-0.4, -0.2) is 18.8 Å². The second-order valence-electron chi connectivity index (χ2n) is 4.44. The first-order valence-electron chi connectivity index (χ1n) is 5.98. The van der Waals surface area contributed by atoms with Crippen LogP contribution in [0, 0.1) is 5.92 Å². The molecule has 94 valence electrons. The monoisotopic (exact) mass is 257 g/mol. The predicted molar refractivity (Wildman–Crippen MR) is 67.6 cm³/mol. The molecule has 0 radical (unpaired) electrons. The average Bonchev–Trinajstić information content (AvgIpc) is 2.30. The lowest BCUT2D eigenvalue weighted by molar-refractivity contribution is 0.252. The number of halogens is 2. The van der Waals surface area contributed by atoms with Gasteiger partial charge in [-0.1, -0.05) is 23.9 Å². The van der Waals surface area contributed by atoms with Crippen molar-refractivity contribution in [3.63, 3.8) is 0 Å². The smallest absolute Gasteiger partial charge is 0.288 e. The SMILES string of the molecule is FC(F)Sc1cccc(CC2CCCNC2)c1. The van der Waals surface area contributed by atoms with E-state index in [-0.39, 0.29) is 0 Å². The maximum Gasteiger partial charge on any atom is 0.288 e. The van der Waals surface area contributed by atoms with Crippen LogP contribution in [0.4, 0.5) is 8.78 Å². The number of benzene rings is 1. The lowest BCUT2D eigenvalue weighted by Gasteiger charge is -2.22. The molecule has 0 amide bonds. The Bertz CT molecular complexity index is 351. The van der Waals surface area contributed by atoms with E-state index in [0.29, 0.717) is 22.6 Å². The van der Waals surface area contributed by atoms with E-state index in [4.69, 9.17) is 0 Å². The van der Waals surface area contributed by atoms with Crippen molar-refractivity contribution in [3.8, 4) is 0 Å². The van der Waals surface area contributed by atoms with Crippen LogP contribution in [0.2, 0.25) is 0 Å². The summed E-state index contributed by atoms with van der Waals surface area (Å²) in [6.45, 7) is 2.16. The number of piperidine rings is 1. The zero-order valence-corrected chi connectivity index (χ0v) is 10.5. The Morgan fingerprint density at radius 2 is 2.29 bits per heavy atom. The molecule has 1 aromatic carbocycles. The second-order valence-corrected chi connectivity index (χ2v) is 5.51. The molecule has 1 fully saturated rings. The van der Waals surface area contributed by atoms with Crippen molar-refractivity contribution in [3.05, 3.63) is 29.8 Å². The third-order valence-corrected chi connectivity index (χ3v) is 3.75. The first-order chi connectivity index (χ1) is 8.24. The van der Waals surface area contributed by atoms with Gasteiger partial charge in [-0.3, -0.25) is 0 Å². The Labute approximate surface area is 105 Å². The van der Waals surface area contributed by atoms with Gasteiger partial charge in [-0.05, 0) is 56.0 Å². The normalized spacial score (nSPS) is 20.8. The van der Waals surface area contributed by atoms with Gasteiger partial charge in [0.05, 0.1) is 0 Å². The molecule has 1 heterocycles. The molecular weight excluding hydrogens is 240 g/mol. The van der Waals surface area contributed by atoms with E-state index in [1.54, 1.807) is 6.07 Å². The fourth-order valence-electron chi connectivity index (χ4n) is 2.28. The highest BCUT2D eigenvalue weighted by atomic mass is 32.2. The van der Waals surface area contributed by atoms with Crippen molar-refractivity contribution in [2.45, 2.75) is 29.9 Å². The lowest BCUT2D eigenvalue weighted by Crippen LogP contribution is -2.30. The number of thioether (sulfide) groups is 1. The summed E-state index contributed by atoms with van der Waals surface area (Å²) in [7, 11) is 0. The van der Waals surface area contributed by atoms with Crippen molar-refractivity contribution >= 4 is 11.8 Å². The van der Waals surface area contributed by atoms with Crippen molar-refractivity contribution in [1.29, 1.82) is 0 Å². The standard InChI is InChI=1S/C13H17F2NS/c14-13(15)17-12-5-1-3-10(8-12)7-11-4-2-6-16-9-11/h1,3,5,8,11,13,16H,2,4,6-7,9H2. The Morgan fingerprint density at radius 1 is 1.41 bits per heavy atom. The number of rotatable bonds is 4. The molecule has 4 heteroatoms. The van der Waals surface area contributed by atoms with Crippen molar-refractivity contribution in [2.24, 2.45) is 5.92 Å². The molecule has 0 aromatic heterocycles. The first kappa shape index (κ1) is 12.8. The third kappa shape index (κ3) is 4.28. The molecule has 1 nitrogen and oxygen atoms in total. The van der Waals surface area contributed by atoms with Gasteiger partial charge in [0.2, 0.25) is 0 Å². The zero-order valence-electron chi connectivity index (χ0n) is 9.66. The lowest BCUT2D eigenvalue weighted by atomic mass is 9.92. The van der Waals surface area contributed by atoms with Crippen LogP contribution in [0.1, 0.15) is 18.4 Å². The second kappa shape index (κ2) is 6.36. The number of hydrogen-bond donors (Lipinski definition) is 1. The highest BCUT2D eigenvalue weighted by molar-refractivity contribution is 7.99. The maximum absolute atomic E-state index is 12.3. The highest BCUT2D eigenvalue weighted by Crippen LogP contribution is 2.27. The fourth-order valence-corrected chi connectivity index (χ4v) is 2.86. The quantitative estimate of drug-likeness (QED) is 0.828. The van der Waals surface area contributed by atoms with Gasteiger partial charge in [-0.2, -0.15) is 8.78 Å². The summed E-state index contributed by atoms with van der Waals surface area (Å²) in [5, 5.41) is 3.38. The minimum atomic E-state index is -2.33. The van der Waals surface area contributed by atoms with Crippen LogP contribution in [0.25, 0.3) is 0 Å². The van der Waals surface area contributed by atoms with Crippen LogP contribution >= 0.6 is 11.8 Å². The summed E-state index contributed by atoms with van der Waals surface area (Å²) in [5.74, 6) is -1.68. The minimum Gasteiger partial charge on any atom is -0.316 e. The highest BCUT2D eigenvalue weighted by Gasteiger charge is 2.14. The topological polar surface area (TPSA) is 12.0 Å². The Morgan fingerprint density at radius 3 is 3.00 bits per heavy atom. The van der Waals surface area contributed by atoms with Gasteiger partial charge in [0, 0.05) is 4.90 Å². The number of alkyl halides is 2. The summed E-state index contributed by atoms with van der Waals surface area (Å²) in [6, 6.07) is 7.55. The molecule has 0 bridgehead atoms. The molecule has 1 N–H and O–H groups in total. The molecule has 0 saturated carbocycles. The van der Waals surface area contributed by atoms with E-state index in [0.717, 1.165) is 19.5 Å². The largest absolute Gasteiger partial charge is 0.316 e. The van der Waals surface area contributed by atoms with Crippen LogP contribution in [-0.2, 0) is 6.42 Å². The van der Waals surface area contributed by atoms with Gasteiger partial charge < -0.3 is 5.32 Å². The summed E-state index contributed by atoms with van der Waals surface area (Å²) in [5.41, 5.74) is 1.17. The Hall–Kier alpha value is -0.610. The first-order valence-corrected chi connectivity index (χ1v) is 6.86. The molecule has 1 aromatic rings. The molecule has 1 aliphatic heterocycles. The molecule has 1 saturated heterocycles. The van der Waals surface area contributed by atoms with E-state index in [1.807, 2.05) is 18.2 Å². The molecule has 1 unspecified atom stereocenters. The molecular formula is C13H17F2NS. The summed E-state index contributed by atoms with van der Waals surface area (Å²) in [4.78, 5) is 0.668. The number of nitrogens with one attached hydrogen (secondary N) is 1. The van der Waals surface area contributed by atoms with Gasteiger partial charge in [0.1, 0.15) is 0 Å². The van der Waals surface area contributed by atoms with E-state index in [1.165, 1.54) is 18.4 Å². The summed E-state index contributed by atoms with van der Waals surface area (Å²) in [6.07, 6.45) is 3.44. The van der Waals surface area contributed by atoms with Gasteiger partial charge in [0.25, 0.3) is 5.76 Å². The number of hydrogen-bond acceptors (Lipinski definition) is 2. The van der Waals surface area contributed by atoms with E-state index < -0.39 is 5.76 Å².